The molecule has 10 heteroatoms. The minimum absolute atomic E-state index is 0.0508. The molecule has 2 aromatic carbocycles. The van der Waals surface area contributed by atoms with Crippen LogP contribution in [0.1, 0.15) is 34.5 Å². The van der Waals surface area contributed by atoms with Gasteiger partial charge in [-0.25, -0.2) is 12.7 Å². The average molecular weight is 435 g/mol. The second-order valence-electron chi connectivity index (χ2n) is 6.24. The molecule has 0 saturated carbocycles. The summed E-state index contributed by atoms with van der Waals surface area (Å²) in [4.78, 5) is 12.4. The molecule has 28 heavy (non-hydrogen) atoms. The van der Waals surface area contributed by atoms with Crippen LogP contribution in [0.4, 0.5) is 13.2 Å². The first-order valence-corrected chi connectivity index (χ1v) is 9.86. The van der Waals surface area contributed by atoms with Gasteiger partial charge in [-0.15, -0.1) is 0 Å². The number of nitrogens with zero attached hydrogens (tertiary/aromatic N) is 1. The Morgan fingerprint density at radius 2 is 1.68 bits per heavy atom. The van der Waals surface area contributed by atoms with Gasteiger partial charge < -0.3 is 5.32 Å². The first-order chi connectivity index (χ1) is 12.8. The molecule has 1 N–H and O–H groups in total. The molecule has 1 amide bonds. The lowest BCUT2D eigenvalue weighted by Gasteiger charge is -2.17. The Kier molecular flexibility index (Phi) is 6.42. The number of carbonyl (C=O) groups excluding carboxylic acids is 1. The molecule has 0 aliphatic carbocycles. The Morgan fingerprint density at radius 1 is 1.11 bits per heavy atom. The standard InChI is InChI=1S/C18H18ClF3N2O3S/c1-11(12-4-6-13(7-5-12)18(20,21)22)23-17(25)15-10-14(8-9-16(15)19)28(26,27)24(2)3/h4-11H,1-3H3,(H,23,25). The zero-order chi connectivity index (χ0) is 21.3. The molecule has 1 atom stereocenters. The molecule has 0 aliphatic heterocycles. The summed E-state index contributed by atoms with van der Waals surface area (Å²) in [6.45, 7) is 1.59. The number of hydrogen-bond donors (Lipinski definition) is 1. The Labute approximate surface area is 166 Å². The number of nitrogens with one attached hydrogen (secondary N) is 1. The number of sulfonamides is 1. The predicted octanol–water partition coefficient (Wildman–Crippen LogP) is 4.10. The van der Waals surface area contributed by atoms with Gasteiger partial charge in [0.1, 0.15) is 0 Å². The molecule has 0 aliphatic rings. The van der Waals surface area contributed by atoms with Crippen LogP contribution in [0.5, 0.6) is 0 Å². The summed E-state index contributed by atoms with van der Waals surface area (Å²) in [6.07, 6.45) is -4.45. The molecule has 0 spiro atoms. The fourth-order valence-electron chi connectivity index (χ4n) is 2.37. The van der Waals surface area contributed by atoms with Gasteiger partial charge in [0.25, 0.3) is 5.91 Å². The number of halogens is 4. The van der Waals surface area contributed by atoms with Crippen molar-refractivity contribution < 1.29 is 26.4 Å². The van der Waals surface area contributed by atoms with Crippen LogP contribution in [0.15, 0.2) is 47.4 Å². The molecule has 0 fully saturated rings. The summed E-state index contributed by atoms with van der Waals surface area (Å²) >= 11 is 6.03. The van der Waals surface area contributed by atoms with E-state index in [1.807, 2.05) is 0 Å². The van der Waals surface area contributed by atoms with E-state index in [-0.39, 0.29) is 15.5 Å². The lowest BCUT2D eigenvalue weighted by molar-refractivity contribution is -0.137. The van der Waals surface area contributed by atoms with Crippen molar-refractivity contribution >= 4 is 27.5 Å². The molecule has 0 heterocycles. The lowest BCUT2D eigenvalue weighted by atomic mass is 10.1. The number of amides is 1. The van der Waals surface area contributed by atoms with Crippen LogP contribution in [-0.2, 0) is 16.2 Å². The van der Waals surface area contributed by atoms with Crippen LogP contribution in [-0.4, -0.2) is 32.7 Å². The second-order valence-corrected chi connectivity index (χ2v) is 8.80. The van der Waals surface area contributed by atoms with E-state index in [2.05, 4.69) is 5.32 Å². The molecule has 0 radical (unpaired) electrons. The highest BCUT2D eigenvalue weighted by atomic mass is 35.5. The van der Waals surface area contributed by atoms with Crippen molar-refractivity contribution in [2.24, 2.45) is 0 Å². The third-order valence-corrected chi connectivity index (χ3v) is 6.19. The van der Waals surface area contributed by atoms with E-state index < -0.39 is 33.7 Å². The Balaban J connectivity index is 2.25. The van der Waals surface area contributed by atoms with Crippen molar-refractivity contribution in [2.45, 2.75) is 24.0 Å². The molecule has 2 aromatic rings. The fourth-order valence-corrected chi connectivity index (χ4v) is 3.50. The first-order valence-electron chi connectivity index (χ1n) is 8.04. The highest BCUT2D eigenvalue weighted by Gasteiger charge is 2.30. The molecule has 0 aromatic heterocycles. The minimum atomic E-state index is -4.45. The molecule has 0 bridgehead atoms. The second kappa shape index (κ2) is 8.10. The smallest absolute Gasteiger partial charge is 0.345 e. The molecule has 1 unspecified atom stereocenters. The van der Waals surface area contributed by atoms with E-state index in [0.29, 0.717) is 5.56 Å². The van der Waals surface area contributed by atoms with Crippen molar-refractivity contribution in [3.05, 3.63) is 64.2 Å². The van der Waals surface area contributed by atoms with Gasteiger partial charge in [0.15, 0.2) is 0 Å². The van der Waals surface area contributed by atoms with Crippen LogP contribution in [0.3, 0.4) is 0 Å². The van der Waals surface area contributed by atoms with Crippen LogP contribution >= 0.6 is 11.6 Å². The molecule has 152 valence electrons. The first kappa shape index (κ1) is 22.2. The van der Waals surface area contributed by atoms with Crippen LogP contribution in [0, 0.1) is 0 Å². The number of benzene rings is 2. The largest absolute Gasteiger partial charge is 0.416 e. The summed E-state index contributed by atoms with van der Waals surface area (Å²) in [5, 5.41) is 2.66. The van der Waals surface area contributed by atoms with Crippen LogP contribution in [0.2, 0.25) is 5.02 Å². The summed E-state index contributed by atoms with van der Waals surface area (Å²) < 4.78 is 63.4. The predicted molar refractivity (Wildman–Crippen MR) is 99.7 cm³/mol. The fraction of sp³-hybridized carbons (Fsp3) is 0.278. The zero-order valence-corrected chi connectivity index (χ0v) is 16.8. The monoisotopic (exact) mass is 434 g/mol. The number of hydrogen-bond acceptors (Lipinski definition) is 3. The van der Waals surface area contributed by atoms with E-state index in [0.717, 1.165) is 22.5 Å². The highest BCUT2D eigenvalue weighted by molar-refractivity contribution is 7.89. The van der Waals surface area contributed by atoms with Gasteiger partial charge in [0, 0.05) is 14.1 Å². The van der Waals surface area contributed by atoms with Gasteiger partial charge in [-0.2, -0.15) is 13.2 Å². The summed E-state index contributed by atoms with van der Waals surface area (Å²) in [5.74, 6) is -0.645. The Morgan fingerprint density at radius 3 is 2.18 bits per heavy atom. The van der Waals surface area contributed by atoms with Gasteiger partial charge in [-0.3, -0.25) is 4.79 Å². The molecule has 5 nitrogen and oxygen atoms in total. The van der Waals surface area contributed by atoms with E-state index in [1.165, 1.54) is 38.4 Å². The maximum Gasteiger partial charge on any atom is 0.416 e. The van der Waals surface area contributed by atoms with E-state index in [9.17, 15) is 26.4 Å². The Bertz CT molecular complexity index is 975. The van der Waals surface area contributed by atoms with E-state index >= 15 is 0 Å². The molecular formula is C18H18ClF3N2O3S. The van der Waals surface area contributed by atoms with Crippen molar-refractivity contribution in [3.8, 4) is 0 Å². The number of alkyl halides is 3. The minimum Gasteiger partial charge on any atom is -0.345 e. The third-order valence-electron chi connectivity index (χ3n) is 4.05. The van der Waals surface area contributed by atoms with Crippen molar-refractivity contribution in [3.63, 3.8) is 0 Å². The van der Waals surface area contributed by atoms with E-state index in [4.69, 9.17) is 11.6 Å². The normalized spacial score (nSPS) is 13.4. The van der Waals surface area contributed by atoms with Crippen molar-refractivity contribution in [1.82, 2.24) is 9.62 Å². The quantitative estimate of drug-likeness (QED) is 0.770. The summed E-state index contributed by atoms with van der Waals surface area (Å²) in [5.41, 5.74) is -0.391. The van der Waals surface area contributed by atoms with Crippen molar-refractivity contribution in [1.29, 1.82) is 0 Å². The van der Waals surface area contributed by atoms with Gasteiger partial charge in [0.05, 0.1) is 27.1 Å². The van der Waals surface area contributed by atoms with Crippen LogP contribution in [0.25, 0.3) is 0 Å². The van der Waals surface area contributed by atoms with Gasteiger partial charge in [-0.1, -0.05) is 23.7 Å². The zero-order valence-electron chi connectivity index (χ0n) is 15.2. The summed E-state index contributed by atoms with van der Waals surface area (Å²) in [7, 11) is -1.05. The average Bonchev–Trinajstić information content (AvgIpc) is 2.61. The third kappa shape index (κ3) is 4.84. The molecular weight excluding hydrogens is 417 g/mol. The number of rotatable bonds is 5. The maximum absolute atomic E-state index is 12.7. The van der Waals surface area contributed by atoms with Crippen LogP contribution < -0.4 is 5.32 Å². The van der Waals surface area contributed by atoms with E-state index in [1.54, 1.807) is 6.92 Å². The topological polar surface area (TPSA) is 66.5 Å². The molecule has 2 rings (SSSR count). The highest BCUT2D eigenvalue weighted by Crippen LogP contribution is 2.30. The lowest BCUT2D eigenvalue weighted by Crippen LogP contribution is -2.28. The van der Waals surface area contributed by atoms with Gasteiger partial charge in [-0.05, 0) is 42.8 Å². The number of carbonyl (C=O) groups is 1. The SMILES string of the molecule is CC(NC(=O)c1cc(S(=O)(=O)N(C)C)ccc1Cl)c1ccc(C(F)(F)F)cc1. The Hall–Kier alpha value is -2.10. The summed E-state index contributed by atoms with van der Waals surface area (Å²) in [6, 6.07) is 7.50. The maximum atomic E-state index is 12.7. The van der Waals surface area contributed by atoms with Gasteiger partial charge in [0.2, 0.25) is 10.0 Å². The molecule has 0 saturated heterocycles. The van der Waals surface area contributed by atoms with Crippen molar-refractivity contribution in [2.75, 3.05) is 14.1 Å². The van der Waals surface area contributed by atoms with Gasteiger partial charge >= 0.3 is 6.18 Å².